The second-order valence-corrected chi connectivity index (χ2v) is 6.76. The van der Waals surface area contributed by atoms with Crippen LogP contribution >= 0.6 is 0 Å². The number of carbonyl (C=O) groups excluding carboxylic acids is 1. The number of nitrogens with one attached hydrogen (secondary N) is 2. The van der Waals surface area contributed by atoms with Crippen molar-refractivity contribution < 1.29 is 4.79 Å². The number of hydrogen-bond donors (Lipinski definition) is 2. The fraction of sp³-hybridized carbons (Fsp3) is 0.300. The van der Waals surface area contributed by atoms with Crippen molar-refractivity contribution in [3.05, 3.63) is 59.9 Å². The number of aromatic nitrogens is 2. The van der Waals surface area contributed by atoms with Gasteiger partial charge in [-0.15, -0.1) is 0 Å². The summed E-state index contributed by atoms with van der Waals surface area (Å²) in [5.41, 5.74) is 4.32. The van der Waals surface area contributed by atoms with Crippen molar-refractivity contribution in [3.63, 3.8) is 0 Å². The van der Waals surface area contributed by atoms with Crippen molar-refractivity contribution in [2.24, 2.45) is 0 Å². The lowest BCUT2D eigenvalue weighted by Gasteiger charge is -2.29. The van der Waals surface area contributed by atoms with Crippen LogP contribution in [0.2, 0.25) is 0 Å². The number of piperidine rings is 1. The van der Waals surface area contributed by atoms with Gasteiger partial charge in [0, 0.05) is 5.69 Å². The summed E-state index contributed by atoms with van der Waals surface area (Å²) in [7, 11) is 2.18. The van der Waals surface area contributed by atoms with E-state index in [0.29, 0.717) is 17.0 Å². The van der Waals surface area contributed by atoms with Crippen molar-refractivity contribution >= 4 is 22.6 Å². The summed E-state index contributed by atoms with van der Waals surface area (Å²) in [6.45, 7) is 2.30. The second kappa shape index (κ2) is 6.69. The van der Waals surface area contributed by atoms with E-state index in [1.54, 1.807) is 12.4 Å². The molecule has 1 aromatic heterocycles. The van der Waals surface area contributed by atoms with E-state index in [9.17, 15) is 4.79 Å². The molecule has 128 valence electrons. The van der Waals surface area contributed by atoms with Gasteiger partial charge in [-0.25, -0.2) is 4.98 Å². The molecule has 1 fully saturated rings. The summed E-state index contributed by atoms with van der Waals surface area (Å²) in [6.07, 6.45) is 4.00. The van der Waals surface area contributed by atoms with Crippen molar-refractivity contribution in [2.75, 3.05) is 25.5 Å². The lowest BCUT2D eigenvalue weighted by Crippen LogP contribution is -2.29. The van der Waals surface area contributed by atoms with Gasteiger partial charge in [0.2, 0.25) is 0 Å². The number of imidazole rings is 1. The van der Waals surface area contributed by atoms with Crippen LogP contribution in [-0.2, 0) is 0 Å². The number of para-hydroxylation sites is 1. The van der Waals surface area contributed by atoms with E-state index < -0.39 is 0 Å². The maximum atomic E-state index is 12.6. The minimum Gasteiger partial charge on any atom is -0.345 e. The molecule has 5 nitrogen and oxygen atoms in total. The minimum absolute atomic E-state index is 0.134. The Morgan fingerprint density at radius 2 is 1.92 bits per heavy atom. The Labute approximate surface area is 147 Å². The molecular formula is C20H22N4O. The number of rotatable bonds is 3. The van der Waals surface area contributed by atoms with Gasteiger partial charge in [0.05, 0.1) is 17.4 Å². The van der Waals surface area contributed by atoms with Crippen LogP contribution in [0.1, 0.15) is 34.7 Å². The number of hydrogen-bond acceptors (Lipinski definition) is 3. The number of amides is 1. The highest BCUT2D eigenvalue weighted by molar-refractivity contribution is 6.11. The summed E-state index contributed by atoms with van der Waals surface area (Å²) in [4.78, 5) is 22.2. The van der Waals surface area contributed by atoms with Crippen molar-refractivity contribution in [3.8, 4) is 0 Å². The number of carbonyl (C=O) groups is 1. The number of likely N-dealkylation sites (tertiary alicyclic amines) is 1. The fourth-order valence-electron chi connectivity index (χ4n) is 3.53. The van der Waals surface area contributed by atoms with E-state index in [1.807, 2.05) is 24.3 Å². The second-order valence-electron chi connectivity index (χ2n) is 6.76. The van der Waals surface area contributed by atoms with Crippen LogP contribution in [0, 0.1) is 0 Å². The first kappa shape index (κ1) is 15.8. The van der Waals surface area contributed by atoms with Gasteiger partial charge in [-0.2, -0.15) is 0 Å². The molecule has 0 bridgehead atoms. The first-order chi connectivity index (χ1) is 12.2. The average molecular weight is 334 g/mol. The molecule has 2 aromatic carbocycles. The summed E-state index contributed by atoms with van der Waals surface area (Å²) >= 11 is 0. The van der Waals surface area contributed by atoms with E-state index in [0.717, 1.165) is 24.3 Å². The Bertz CT molecular complexity index is 876. The molecule has 0 radical (unpaired) electrons. The topological polar surface area (TPSA) is 61.0 Å². The van der Waals surface area contributed by atoms with Crippen LogP contribution in [0.5, 0.6) is 0 Å². The van der Waals surface area contributed by atoms with Gasteiger partial charge in [-0.3, -0.25) is 4.79 Å². The molecule has 0 aliphatic carbocycles. The number of anilines is 1. The molecule has 1 amide bonds. The number of fused-ring (bicyclic) bond motifs is 1. The highest BCUT2D eigenvalue weighted by Crippen LogP contribution is 2.28. The highest BCUT2D eigenvalue weighted by Gasteiger charge is 2.18. The molecule has 0 atom stereocenters. The van der Waals surface area contributed by atoms with Gasteiger partial charge >= 0.3 is 0 Å². The smallest absolute Gasteiger partial charge is 0.257 e. The Kier molecular flexibility index (Phi) is 4.24. The zero-order valence-corrected chi connectivity index (χ0v) is 14.3. The molecule has 1 aliphatic heterocycles. The quantitative estimate of drug-likeness (QED) is 0.769. The molecule has 4 rings (SSSR count). The monoisotopic (exact) mass is 334 g/mol. The molecule has 2 N–H and O–H groups in total. The van der Waals surface area contributed by atoms with Gasteiger partial charge < -0.3 is 15.2 Å². The third kappa shape index (κ3) is 3.28. The summed E-state index contributed by atoms with van der Waals surface area (Å²) in [5.74, 6) is 0.489. The lowest BCUT2D eigenvalue weighted by molar-refractivity contribution is 0.102. The van der Waals surface area contributed by atoms with Gasteiger partial charge in [0.15, 0.2) is 0 Å². The lowest BCUT2D eigenvalue weighted by atomic mass is 9.89. The standard InChI is InChI=1S/C20H22N4O/c1-24-11-9-15(10-12-24)14-5-7-16(8-6-14)23-20(25)17-3-2-4-18-19(17)22-13-21-18/h2-8,13,15H,9-12H2,1H3,(H,21,22)(H,23,25). The minimum atomic E-state index is -0.134. The molecule has 1 saturated heterocycles. The van der Waals surface area contributed by atoms with Gasteiger partial charge in [-0.05, 0) is 68.7 Å². The first-order valence-corrected chi connectivity index (χ1v) is 8.72. The number of nitrogens with zero attached hydrogens (tertiary/aromatic N) is 2. The van der Waals surface area contributed by atoms with E-state index in [1.165, 1.54) is 18.4 Å². The highest BCUT2D eigenvalue weighted by atomic mass is 16.1. The molecule has 1 aliphatic rings. The molecular weight excluding hydrogens is 312 g/mol. The van der Waals surface area contributed by atoms with Crippen LogP contribution < -0.4 is 5.32 Å². The van der Waals surface area contributed by atoms with Crippen molar-refractivity contribution in [1.29, 1.82) is 0 Å². The maximum absolute atomic E-state index is 12.6. The Hall–Kier alpha value is -2.66. The van der Waals surface area contributed by atoms with E-state index in [-0.39, 0.29) is 5.91 Å². The summed E-state index contributed by atoms with van der Waals surface area (Å²) in [6, 6.07) is 13.8. The zero-order chi connectivity index (χ0) is 17.2. The molecule has 5 heteroatoms. The number of aromatic amines is 1. The van der Waals surface area contributed by atoms with Gasteiger partial charge in [0.1, 0.15) is 5.52 Å². The van der Waals surface area contributed by atoms with E-state index in [4.69, 9.17) is 0 Å². The van der Waals surface area contributed by atoms with Crippen LogP contribution in [-0.4, -0.2) is 40.9 Å². The predicted octanol–water partition coefficient (Wildman–Crippen LogP) is 3.62. The summed E-state index contributed by atoms with van der Waals surface area (Å²) in [5, 5.41) is 2.98. The zero-order valence-electron chi connectivity index (χ0n) is 14.3. The molecule has 25 heavy (non-hydrogen) atoms. The molecule has 0 saturated carbocycles. The van der Waals surface area contributed by atoms with Crippen molar-refractivity contribution in [2.45, 2.75) is 18.8 Å². The first-order valence-electron chi connectivity index (χ1n) is 8.72. The predicted molar refractivity (Wildman–Crippen MR) is 100.0 cm³/mol. The molecule has 3 aromatic rings. The Morgan fingerprint density at radius 1 is 1.16 bits per heavy atom. The number of benzene rings is 2. The average Bonchev–Trinajstić information content (AvgIpc) is 3.12. The SMILES string of the molecule is CN1CCC(c2ccc(NC(=O)c3cccc4[nH]cnc34)cc2)CC1. The van der Waals surface area contributed by atoms with Gasteiger partial charge in [-0.1, -0.05) is 18.2 Å². The van der Waals surface area contributed by atoms with Crippen LogP contribution in [0.3, 0.4) is 0 Å². The largest absolute Gasteiger partial charge is 0.345 e. The Morgan fingerprint density at radius 3 is 2.68 bits per heavy atom. The molecule has 0 spiro atoms. The van der Waals surface area contributed by atoms with Gasteiger partial charge in [0.25, 0.3) is 5.91 Å². The van der Waals surface area contributed by atoms with E-state index >= 15 is 0 Å². The fourth-order valence-corrected chi connectivity index (χ4v) is 3.53. The molecule has 2 heterocycles. The van der Waals surface area contributed by atoms with Crippen LogP contribution in [0.25, 0.3) is 11.0 Å². The third-order valence-electron chi connectivity index (χ3n) is 5.05. The maximum Gasteiger partial charge on any atom is 0.257 e. The Balaban J connectivity index is 1.47. The molecule has 0 unspecified atom stereocenters. The van der Waals surface area contributed by atoms with E-state index in [2.05, 4.69) is 39.4 Å². The number of H-pyrrole nitrogens is 1. The normalized spacial score (nSPS) is 16.2. The van der Waals surface area contributed by atoms with Crippen LogP contribution in [0.4, 0.5) is 5.69 Å². The third-order valence-corrected chi connectivity index (χ3v) is 5.05. The van der Waals surface area contributed by atoms with Crippen molar-refractivity contribution in [1.82, 2.24) is 14.9 Å². The summed E-state index contributed by atoms with van der Waals surface area (Å²) < 4.78 is 0. The van der Waals surface area contributed by atoms with Crippen LogP contribution in [0.15, 0.2) is 48.8 Å².